The Labute approximate surface area is 170 Å². The van der Waals surface area contributed by atoms with Crippen LogP contribution in [0.4, 0.5) is 5.69 Å². The van der Waals surface area contributed by atoms with E-state index in [0.717, 1.165) is 18.7 Å². The Kier molecular flexibility index (Phi) is 12.8. The molecule has 1 atom stereocenters. The molecule has 1 N–H and O–H groups in total. The van der Waals surface area contributed by atoms with E-state index < -0.39 is 12.1 Å². The van der Waals surface area contributed by atoms with Crippen LogP contribution in [0.25, 0.3) is 0 Å². The van der Waals surface area contributed by atoms with E-state index in [0.29, 0.717) is 12.2 Å². The molecular weight excluding hydrogens is 354 g/mol. The zero-order chi connectivity index (χ0) is 20.6. The molecule has 0 fully saturated rings. The summed E-state index contributed by atoms with van der Waals surface area (Å²) in [4.78, 5) is 23.6. The monoisotopic (exact) mass is 391 g/mol. The summed E-state index contributed by atoms with van der Waals surface area (Å²) in [7, 11) is 0. The van der Waals surface area contributed by atoms with Gasteiger partial charge >= 0.3 is 11.9 Å². The third-order valence-electron chi connectivity index (χ3n) is 4.55. The van der Waals surface area contributed by atoms with Gasteiger partial charge in [0.2, 0.25) is 0 Å². The summed E-state index contributed by atoms with van der Waals surface area (Å²) in [5, 5.41) is 3.39. The summed E-state index contributed by atoms with van der Waals surface area (Å²) in [5.41, 5.74) is 1.48. The van der Waals surface area contributed by atoms with E-state index in [1.807, 2.05) is 12.1 Å². The van der Waals surface area contributed by atoms with Crippen molar-refractivity contribution in [2.75, 3.05) is 18.5 Å². The minimum Gasteiger partial charge on any atom is -0.466 e. The number of carbonyl (C=O) groups excluding carboxylic acids is 2. The Bertz CT molecular complexity index is 556. The van der Waals surface area contributed by atoms with E-state index in [2.05, 4.69) is 12.2 Å². The highest BCUT2D eigenvalue weighted by Crippen LogP contribution is 2.13. The Morgan fingerprint density at radius 2 is 1.54 bits per heavy atom. The fourth-order valence-electron chi connectivity index (χ4n) is 2.96. The van der Waals surface area contributed by atoms with Gasteiger partial charge in [0.05, 0.1) is 18.6 Å². The van der Waals surface area contributed by atoms with Gasteiger partial charge in [0, 0.05) is 12.2 Å². The summed E-state index contributed by atoms with van der Waals surface area (Å²) < 4.78 is 10.2. The van der Waals surface area contributed by atoms with Gasteiger partial charge in [-0.15, -0.1) is 0 Å². The van der Waals surface area contributed by atoms with Gasteiger partial charge in [-0.2, -0.15) is 0 Å². The van der Waals surface area contributed by atoms with Crippen molar-refractivity contribution >= 4 is 17.6 Å². The van der Waals surface area contributed by atoms with Crippen molar-refractivity contribution in [3.8, 4) is 0 Å². The molecule has 0 saturated heterocycles. The number of hydrogen-bond acceptors (Lipinski definition) is 5. The van der Waals surface area contributed by atoms with Crippen molar-refractivity contribution in [2.24, 2.45) is 0 Å². The van der Waals surface area contributed by atoms with Crippen LogP contribution < -0.4 is 5.32 Å². The molecular formula is C23H37NO4. The first kappa shape index (κ1) is 24.0. The van der Waals surface area contributed by atoms with E-state index in [4.69, 9.17) is 9.47 Å². The molecule has 1 aromatic carbocycles. The lowest BCUT2D eigenvalue weighted by Crippen LogP contribution is -2.20. The van der Waals surface area contributed by atoms with Crippen LogP contribution in [0.5, 0.6) is 0 Å². The number of anilines is 1. The lowest BCUT2D eigenvalue weighted by Gasteiger charge is -2.13. The number of ether oxygens (including phenoxy) is 2. The second-order valence-electron chi connectivity index (χ2n) is 7.20. The molecule has 1 rings (SSSR count). The second kappa shape index (κ2) is 14.9. The molecule has 28 heavy (non-hydrogen) atoms. The number of benzene rings is 1. The van der Waals surface area contributed by atoms with Gasteiger partial charge in [-0.3, -0.25) is 4.79 Å². The van der Waals surface area contributed by atoms with Gasteiger partial charge in [0.1, 0.15) is 6.10 Å². The lowest BCUT2D eigenvalue weighted by atomic mass is 10.1. The van der Waals surface area contributed by atoms with Crippen molar-refractivity contribution < 1.29 is 19.1 Å². The van der Waals surface area contributed by atoms with Crippen LogP contribution in [0.15, 0.2) is 24.3 Å². The molecule has 0 aliphatic heterocycles. The van der Waals surface area contributed by atoms with Crippen molar-refractivity contribution in [3.05, 3.63) is 29.8 Å². The molecule has 158 valence electrons. The molecule has 0 bridgehead atoms. The van der Waals surface area contributed by atoms with Gasteiger partial charge in [-0.25, -0.2) is 4.79 Å². The topological polar surface area (TPSA) is 64.6 Å². The molecule has 1 unspecified atom stereocenters. The highest BCUT2D eigenvalue weighted by Gasteiger charge is 2.15. The van der Waals surface area contributed by atoms with Crippen LogP contribution in [0, 0.1) is 0 Å². The average molecular weight is 392 g/mol. The average Bonchev–Trinajstić information content (AvgIpc) is 2.67. The molecule has 0 saturated carbocycles. The van der Waals surface area contributed by atoms with Crippen LogP contribution in [0.2, 0.25) is 0 Å². The zero-order valence-electron chi connectivity index (χ0n) is 17.8. The molecule has 0 spiro atoms. The van der Waals surface area contributed by atoms with Crippen LogP contribution in [0.3, 0.4) is 0 Å². The van der Waals surface area contributed by atoms with E-state index >= 15 is 0 Å². The smallest absolute Gasteiger partial charge is 0.338 e. The Hall–Kier alpha value is -2.04. The number of carbonyl (C=O) groups is 2. The summed E-state index contributed by atoms with van der Waals surface area (Å²) in [6.07, 6.45) is 9.99. The quantitative estimate of drug-likeness (QED) is 0.305. The molecule has 5 nitrogen and oxygen atoms in total. The molecule has 0 radical (unpaired) electrons. The van der Waals surface area contributed by atoms with Crippen LogP contribution >= 0.6 is 0 Å². The van der Waals surface area contributed by atoms with Crippen molar-refractivity contribution in [3.63, 3.8) is 0 Å². The maximum Gasteiger partial charge on any atom is 0.338 e. The molecule has 0 heterocycles. The van der Waals surface area contributed by atoms with Crippen LogP contribution in [-0.4, -0.2) is 31.2 Å². The lowest BCUT2D eigenvalue weighted by molar-refractivity contribution is -0.145. The number of unbranched alkanes of at least 4 members (excludes halogenated alkanes) is 7. The SMILES string of the molecule is CCCCCCCCCCNc1ccc(C(=O)OC(C)CC(=O)OCC)cc1. The molecule has 0 aromatic heterocycles. The van der Waals surface area contributed by atoms with Crippen molar-refractivity contribution in [1.29, 1.82) is 0 Å². The van der Waals surface area contributed by atoms with Gasteiger partial charge in [0.25, 0.3) is 0 Å². The van der Waals surface area contributed by atoms with Crippen LogP contribution in [-0.2, 0) is 14.3 Å². The number of hydrogen-bond donors (Lipinski definition) is 1. The molecule has 1 aromatic rings. The highest BCUT2D eigenvalue weighted by atomic mass is 16.6. The standard InChI is InChI=1S/C23H37NO4/c1-4-6-7-8-9-10-11-12-17-24-21-15-13-20(14-16-21)23(26)28-19(3)18-22(25)27-5-2/h13-16,19,24H,4-12,17-18H2,1-3H3. The van der Waals surface area contributed by atoms with E-state index in [1.54, 1.807) is 26.0 Å². The van der Waals surface area contributed by atoms with Gasteiger partial charge in [-0.1, -0.05) is 51.9 Å². The van der Waals surface area contributed by atoms with Crippen LogP contribution in [0.1, 0.15) is 88.9 Å². The number of rotatable bonds is 15. The van der Waals surface area contributed by atoms with Gasteiger partial charge in [0.15, 0.2) is 0 Å². The molecule has 5 heteroatoms. The Balaban J connectivity index is 2.22. The van der Waals surface area contributed by atoms with E-state index in [-0.39, 0.29) is 12.4 Å². The first-order chi connectivity index (χ1) is 13.6. The van der Waals surface area contributed by atoms with Gasteiger partial charge < -0.3 is 14.8 Å². The fraction of sp³-hybridized carbons (Fsp3) is 0.652. The molecule has 0 aliphatic rings. The maximum absolute atomic E-state index is 12.1. The maximum atomic E-state index is 12.1. The van der Waals surface area contributed by atoms with Crippen molar-refractivity contribution in [2.45, 2.75) is 84.7 Å². The molecule has 0 aliphatic carbocycles. The first-order valence-electron chi connectivity index (χ1n) is 10.8. The summed E-state index contributed by atoms with van der Waals surface area (Å²) in [6.45, 7) is 6.95. The Morgan fingerprint density at radius 3 is 2.14 bits per heavy atom. The fourth-order valence-corrected chi connectivity index (χ4v) is 2.96. The largest absolute Gasteiger partial charge is 0.466 e. The summed E-state index contributed by atoms with van der Waals surface area (Å²) in [5.74, 6) is -0.783. The third kappa shape index (κ3) is 11.0. The number of esters is 2. The van der Waals surface area contributed by atoms with Gasteiger partial charge in [-0.05, 0) is 44.5 Å². The normalized spacial score (nSPS) is 11.7. The second-order valence-corrected chi connectivity index (χ2v) is 7.20. The minimum absolute atomic E-state index is 0.0673. The Morgan fingerprint density at radius 1 is 0.929 bits per heavy atom. The van der Waals surface area contributed by atoms with E-state index in [9.17, 15) is 9.59 Å². The third-order valence-corrected chi connectivity index (χ3v) is 4.55. The predicted molar refractivity (Wildman–Crippen MR) is 114 cm³/mol. The van der Waals surface area contributed by atoms with E-state index in [1.165, 1.54) is 44.9 Å². The number of nitrogens with one attached hydrogen (secondary N) is 1. The summed E-state index contributed by atoms with van der Waals surface area (Å²) in [6, 6.07) is 7.26. The first-order valence-corrected chi connectivity index (χ1v) is 10.8. The minimum atomic E-state index is -0.508. The highest BCUT2D eigenvalue weighted by molar-refractivity contribution is 5.90. The van der Waals surface area contributed by atoms with Crippen molar-refractivity contribution in [1.82, 2.24) is 0 Å². The predicted octanol–water partition coefficient (Wildman–Crippen LogP) is 5.74. The summed E-state index contributed by atoms with van der Waals surface area (Å²) >= 11 is 0. The zero-order valence-corrected chi connectivity index (χ0v) is 17.8. The molecule has 0 amide bonds.